The molecule has 16 heavy (non-hydrogen) atoms. The molecule has 0 radical (unpaired) electrons. The van der Waals surface area contributed by atoms with Gasteiger partial charge in [0.1, 0.15) is 0 Å². The molecule has 0 aliphatic heterocycles. The van der Waals surface area contributed by atoms with E-state index in [1.165, 1.54) is 4.90 Å². The Kier molecular flexibility index (Phi) is 3.43. The lowest BCUT2D eigenvalue weighted by atomic mass is 10.0. The molecule has 0 fully saturated rings. The van der Waals surface area contributed by atoms with E-state index >= 15 is 0 Å². The Morgan fingerprint density at radius 2 is 2.06 bits per heavy atom. The molecule has 0 saturated carbocycles. The van der Waals surface area contributed by atoms with E-state index < -0.39 is 11.6 Å². The van der Waals surface area contributed by atoms with Gasteiger partial charge in [0.05, 0.1) is 5.69 Å². The van der Waals surface area contributed by atoms with Crippen LogP contribution in [0, 0.1) is 6.92 Å². The zero-order valence-corrected chi connectivity index (χ0v) is 10.5. The number of amides is 1. The van der Waals surface area contributed by atoms with Crippen molar-refractivity contribution in [3.8, 4) is 0 Å². The molecule has 4 nitrogen and oxygen atoms in total. The van der Waals surface area contributed by atoms with Gasteiger partial charge in [-0.05, 0) is 39.3 Å². The minimum Gasteiger partial charge on any atom is -0.465 e. The highest BCUT2D eigenvalue weighted by Crippen LogP contribution is 2.32. The lowest BCUT2D eigenvalue weighted by molar-refractivity contribution is 0.195. The maximum atomic E-state index is 11.3. The van der Waals surface area contributed by atoms with Crippen LogP contribution < -0.4 is 4.90 Å². The van der Waals surface area contributed by atoms with E-state index in [9.17, 15) is 9.90 Å². The molecular formula is C11H15ClN2O2. The zero-order valence-electron chi connectivity index (χ0n) is 9.78. The van der Waals surface area contributed by atoms with Crippen LogP contribution in [0.15, 0.2) is 12.3 Å². The highest BCUT2D eigenvalue weighted by Gasteiger charge is 2.30. The Morgan fingerprint density at radius 1 is 1.50 bits per heavy atom. The molecule has 88 valence electrons. The molecule has 0 aliphatic rings. The molecule has 5 heteroatoms. The first-order valence-corrected chi connectivity index (χ1v) is 5.27. The van der Waals surface area contributed by atoms with Gasteiger partial charge in [-0.15, -0.1) is 0 Å². The van der Waals surface area contributed by atoms with E-state index in [0.717, 1.165) is 5.56 Å². The third-order valence-corrected chi connectivity index (χ3v) is 2.44. The largest absolute Gasteiger partial charge is 0.465 e. The predicted molar refractivity (Wildman–Crippen MR) is 64.2 cm³/mol. The average molecular weight is 243 g/mol. The van der Waals surface area contributed by atoms with Gasteiger partial charge >= 0.3 is 6.09 Å². The lowest BCUT2D eigenvalue weighted by Crippen LogP contribution is -2.45. The van der Waals surface area contributed by atoms with E-state index in [0.29, 0.717) is 5.69 Å². The summed E-state index contributed by atoms with van der Waals surface area (Å²) in [6, 6.07) is 1.74. The standard InChI is InChI=1S/C11H15ClN2O2/c1-7-5-6-13-9(12)8(7)14(10(15)16)11(2,3)4/h5-6H,1-4H3,(H,15,16). The molecule has 1 heterocycles. The highest BCUT2D eigenvalue weighted by atomic mass is 35.5. The fraction of sp³-hybridized carbons (Fsp3) is 0.455. The fourth-order valence-electron chi connectivity index (χ4n) is 1.50. The molecule has 0 atom stereocenters. The quantitative estimate of drug-likeness (QED) is 0.769. The van der Waals surface area contributed by atoms with Crippen LogP contribution >= 0.6 is 11.6 Å². The third-order valence-electron chi connectivity index (χ3n) is 2.17. The van der Waals surface area contributed by atoms with Crippen LogP contribution in [0.25, 0.3) is 0 Å². The average Bonchev–Trinajstić information content (AvgIpc) is 2.08. The SMILES string of the molecule is Cc1ccnc(Cl)c1N(C(=O)O)C(C)(C)C. The van der Waals surface area contributed by atoms with Crippen LogP contribution in [-0.4, -0.2) is 21.7 Å². The lowest BCUT2D eigenvalue weighted by Gasteiger charge is -2.34. The van der Waals surface area contributed by atoms with Gasteiger partial charge in [0.25, 0.3) is 0 Å². The minimum atomic E-state index is -1.04. The highest BCUT2D eigenvalue weighted by molar-refractivity contribution is 6.32. The summed E-state index contributed by atoms with van der Waals surface area (Å²) in [6.07, 6.45) is 0.523. The molecule has 0 aromatic carbocycles. The molecule has 0 bridgehead atoms. The van der Waals surface area contributed by atoms with E-state index in [4.69, 9.17) is 11.6 Å². The van der Waals surface area contributed by atoms with Crippen molar-refractivity contribution < 1.29 is 9.90 Å². The number of hydrogen-bond donors (Lipinski definition) is 1. The monoisotopic (exact) mass is 242 g/mol. The van der Waals surface area contributed by atoms with Crippen molar-refractivity contribution in [3.63, 3.8) is 0 Å². The smallest absolute Gasteiger partial charge is 0.412 e. The van der Waals surface area contributed by atoms with Crippen molar-refractivity contribution in [3.05, 3.63) is 23.0 Å². The fourth-order valence-corrected chi connectivity index (χ4v) is 1.79. The summed E-state index contributed by atoms with van der Waals surface area (Å²) in [5.74, 6) is 0. The number of anilines is 1. The molecular weight excluding hydrogens is 228 g/mol. The molecule has 0 unspecified atom stereocenters. The van der Waals surface area contributed by atoms with Gasteiger partial charge in [0.15, 0.2) is 5.15 Å². The third kappa shape index (κ3) is 2.44. The number of aryl methyl sites for hydroxylation is 1. The summed E-state index contributed by atoms with van der Waals surface area (Å²) in [4.78, 5) is 16.4. The first kappa shape index (κ1) is 12.8. The maximum absolute atomic E-state index is 11.3. The Bertz CT molecular complexity index is 393. The van der Waals surface area contributed by atoms with Crippen LogP contribution in [0.2, 0.25) is 5.15 Å². The van der Waals surface area contributed by atoms with Crippen LogP contribution in [0.3, 0.4) is 0 Å². The van der Waals surface area contributed by atoms with Gasteiger partial charge in [-0.1, -0.05) is 11.6 Å². The first-order chi connectivity index (χ1) is 7.25. The molecule has 1 amide bonds. The number of carboxylic acid groups (broad SMARTS) is 1. The number of hydrogen-bond acceptors (Lipinski definition) is 2. The van der Waals surface area contributed by atoms with Crippen molar-refractivity contribution in [2.24, 2.45) is 0 Å². The van der Waals surface area contributed by atoms with E-state index in [1.807, 2.05) is 27.7 Å². The van der Waals surface area contributed by atoms with Crippen LogP contribution in [-0.2, 0) is 0 Å². The van der Waals surface area contributed by atoms with E-state index in [2.05, 4.69) is 4.98 Å². The summed E-state index contributed by atoms with van der Waals surface area (Å²) in [5, 5.41) is 9.46. The number of pyridine rings is 1. The van der Waals surface area contributed by atoms with E-state index in [-0.39, 0.29) is 5.15 Å². The number of rotatable bonds is 1. The molecule has 0 saturated heterocycles. The van der Waals surface area contributed by atoms with Crippen molar-refractivity contribution >= 4 is 23.4 Å². The summed E-state index contributed by atoms with van der Waals surface area (Å²) in [7, 11) is 0. The molecule has 0 spiro atoms. The number of nitrogens with zero attached hydrogens (tertiary/aromatic N) is 2. The normalized spacial score (nSPS) is 11.3. The number of carbonyl (C=O) groups is 1. The Morgan fingerprint density at radius 3 is 2.44 bits per heavy atom. The second-order valence-corrected chi connectivity index (χ2v) is 4.91. The summed E-state index contributed by atoms with van der Waals surface area (Å²) >= 11 is 5.96. The maximum Gasteiger partial charge on any atom is 0.412 e. The second-order valence-electron chi connectivity index (χ2n) is 4.56. The van der Waals surface area contributed by atoms with Crippen molar-refractivity contribution in [2.45, 2.75) is 33.2 Å². The molecule has 0 aliphatic carbocycles. The summed E-state index contributed by atoms with van der Waals surface area (Å²) < 4.78 is 0. The first-order valence-electron chi connectivity index (χ1n) is 4.89. The van der Waals surface area contributed by atoms with Gasteiger partial charge < -0.3 is 5.11 Å². The minimum absolute atomic E-state index is 0.206. The topological polar surface area (TPSA) is 53.4 Å². The molecule has 1 aromatic heterocycles. The zero-order chi connectivity index (χ0) is 12.5. The van der Waals surface area contributed by atoms with Crippen molar-refractivity contribution in [1.29, 1.82) is 0 Å². The Hall–Kier alpha value is -1.29. The second kappa shape index (κ2) is 4.29. The molecule has 1 aromatic rings. The predicted octanol–water partition coefficient (Wildman–Crippen LogP) is 3.33. The van der Waals surface area contributed by atoms with Crippen LogP contribution in [0.5, 0.6) is 0 Å². The summed E-state index contributed by atoms with van der Waals surface area (Å²) in [6.45, 7) is 7.24. The Labute approximate surface area is 99.9 Å². The summed E-state index contributed by atoms with van der Waals surface area (Å²) in [5.41, 5.74) is 0.671. The van der Waals surface area contributed by atoms with Crippen LogP contribution in [0.1, 0.15) is 26.3 Å². The van der Waals surface area contributed by atoms with Gasteiger partial charge in [0, 0.05) is 11.7 Å². The Balaban J connectivity index is 3.38. The number of halogens is 1. The number of aromatic nitrogens is 1. The van der Waals surface area contributed by atoms with Crippen molar-refractivity contribution in [1.82, 2.24) is 4.98 Å². The van der Waals surface area contributed by atoms with Crippen molar-refractivity contribution in [2.75, 3.05) is 4.90 Å². The van der Waals surface area contributed by atoms with Crippen LogP contribution in [0.4, 0.5) is 10.5 Å². The van der Waals surface area contributed by atoms with Gasteiger partial charge in [-0.25, -0.2) is 9.78 Å². The van der Waals surface area contributed by atoms with E-state index in [1.54, 1.807) is 12.3 Å². The van der Waals surface area contributed by atoms with Gasteiger partial charge in [-0.2, -0.15) is 0 Å². The van der Waals surface area contributed by atoms with Gasteiger partial charge in [0.2, 0.25) is 0 Å². The molecule has 1 N–H and O–H groups in total. The van der Waals surface area contributed by atoms with Gasteiger partial charge in [-0.3, -0.25) is 4.90 Å². The molecule has 1 rings (SSSR count).